The summed E-state index contributed by atoms with van der Waals surface area (Å²) in [6.07, 6.45) is 7.94. The van der Waals surface area contributed by atoms with Crippen LogP contribution in [0.4, 0.5) is 0 Å². The van der Waals surface area contributed by atoms with E-state index in [1.807, 2.05) is 0 Å². The molecule has 0 radical (unpaired) electrons. The van der Waals surface area contributed by atoms with Crippen LogP contribution in [-0.4, -0.2) is 49.8 Å². The number of aliphatic hydroxyl groups is 1. The Labute approximate surface area is 107 Å². The average molecular weight is 242 g/mol. The van der Waals surface area contributed by atoms with Crippen molar-refractivity contribution in [3.05, 3.63) is 0 Å². The molecular formula is C14H30N2O. The van der Waals surface area contributed by atoms with E-state index in [0.717, 1.165) is 26.2 Å². The van der Waals surface area contributed by atoms with E-state index in [0.29, 0.717) is 12.0 Å². The van der Waals surface area contributed by atoms with Crippen LogP contribution in [0, 0.1) is 5.41 Å². The van der Waals surface area contributed by atoms with Gasteiger partial charge in [0.15, 0.2) is 0 Å². The van der Waals surface area contributed by atoms with Crippen LogP contribution in [0.15, 0.2) is 0 Å². The van der Waals surface area contributed by atoms with Gasteiger partial charge in [0.1, 0.15) is 0 Å². The molecule has 1 rings (SSSR count). The molecule has 0 bridgehead atoms. The molecule has 0 spiro atoms. The molecule has 1 aliphatic carbocycles. The minimum Gasteiger partial charge on any atom is -0.395 e. The summed E-state index contributed by atoms with van der Waals surface area (Å²) in [5.41, 5.74) is 0.470. The Hall–Kier alpha value is -0.120. The van der Waals surface area contributed by atoms with E-state index in [-0.39, 0.29) is 0 Å². The zero-order valence-electron chi connectivity index (χ0n) is 11.7. The zero-order chi connectivity index (χ0) is 12.6. The van der Waals surface area contributed by atoms with Gasteiger partial charge in [0.05, 0.1) is 6.61 Å². The monoisotopic (exact) mass is 242 g/mol. The lowest BCUT2D eigenvalue weighted by Gasteiger charge is -2.35. The first-order valence-corrected chi connectivity index (χ1v) is 7.24. The summed E-state index contributed by atoms with van der Waals surface area (Å²) < 4.78 is 0. The number of rotatable bonds is 9. The van der Waals surface area contributed by atoms with Gasteiger partial charge >= 0.3 is 0 Å². The normalized spacial score (nSPS) is 19.1. The third-order valence-electron chi connectivity index (χ3n) is 4.02. The topological polar surface area (TPSA) is 35.5 Å². The van der Waals surface area contributed by atoms with Crippen LogP contribution in [0.25, 0.3) is 0 Å². The van der Waals surface area contributed by atoms with Crippen LogP contribution in [-0.2, 0) is 0 Å². The molecule has 17 heavy (non-hydrogen) atoms. The maximum atomic E-state index is 9.17. The van der Waals surface area contributed by atoms with Crippen LogP contribution in [0.5, 0.6) is 0 Å². The SMILES string of the molecule is CCCCN(CCO)CC1(CNC)CCCC1. The summed E-state index contributed by atoms with van der Waals surface area (Å²) in [5, 5.41) is 12.5. The van der Waals surface area contributed by atoms with Crippen LogP contribution in [0.3, 0.4) is 0 Å². The Morgan fingerprint density at radius 3 is 2.47 bits per heavy atom. The van der Waals surface area contributed by atoms with E-state index < -0.39 is 0 Å². The Balaban J connectivity index is 2.48. The summed E-state index contributed by atoms with van der Waals surface area (Å²) in [6, 6.07) is 0. The molecule has 1 saturated carbocycles. The first-order valence-electron chi connectivity index (χ1n) is 7.24. The summed E-state index contributed by atoms with van der Waals surface area (Å²) in [4.78, 5) is 2.46. The number of nitrogens with zero attached hydrogens (tertiary/aromatic N) is 1. The van der Waals surface area contributed by atoms with Crippen molar-refractivity contribution < 1.29 is 5.11 Å². The van der Waals surface area contributed by atoms with Gasteiger partial charge in [-0.25, -0.2) is 0 Å². The summed E-state index contributed by atoms with van der Waals surface area (Å²) in [7, 11) is 2.06. The predicted octanol–water partition coefficient (Wildman–Crippen LogP) is 1.86. The van der Waals surface area contributed by atoms with Gasteiger partial charge < -0.3 is 15.3 Å². The second kappa shape index (κ2) is 8.06. The minimum atomic E-state index is 0.291. The van der Waals surface area contributed by atoms with Crippen LogP contribution < -0.4 is 5.32 Å². The van der Waals surface area contributed by atoms with Crippen molar-refractivity contribution in [1.29, 1.82) is 0 Å². The molecule has 0 amide bonds. The van der Waals surface area contributed by atoms with Gasteiger partial charge in [0.2, 0.25) is 0 Å². The molecule has 0 aliphatic heterocycles. The Morgan fingerprint density at radius 1 is 1.24 bits per heavy atom. The molecule has 0 atom stereocenters. The second-order valence-corrected chi connectivity index (χ2v) is 5.59. The summed E-state index contributed by atoms with van der Waals surface area (Å²) in [5.74, 6) is 0. The van der Waals surface area contributed by atoms with Gasteiger partial charge in [-0.3, -0.25) is 0 Å². The van der Waals surface area contributed by atoms with Crippen molar-refractivity contribution in [2.75, 3.05) is 39.8 Å². The fourth-order valence-corrected chi connectivity index (χ4v) is 3.16. The third-order valence-corrected chi connectivity index (χ3v) is 4.02. The van der Waals surface area contributed by atoms with E-state index in [1.54, 1.807) is 0 Å². The highest BCUT2D eigenvalue weighted by Crippen LogP contribution is 2.38. The molecule has 3 nitrogen and oxygen atoms in total. The number of aliphatic hydroxyl groups excluding tert-OH is 1. The lowest BCUT2D eigenvalue weighted by atomic mass is 9.85. The first kappa shape index (κ1) is 14.9. The van der Waals surface area contributed by atoms with Gasteiger partial charge in [0.25, 0.3) is 0 Å². The first-order chi connectivity index (χ1) is 8.26. The molecule has 1 aliphatic rings. The number of unbranched alkanes of at least 4 members (excludes halogenated alkanes) is 1. The standard InChI is InChI=1S/C14H30N2O/c1-3-4-9-16(10-11-17)13-14(12-15-2)7-5-6-8-14/h15,17H,3-13H2,1-2H3. The summed E-state index contributed by atoms with van der Waals surface area (Å²) >= 11 is 0. The van der Waals surface area contributed by atoms with Crippen LogP contribution >= 0.6 is 0 Å². The zero-order valence-corrected chi connectivity index (χ0v) is 11.7. The van der Waals surface area contributed by atoms with Crippen LogP contribution in [0.2, 0.25) is 0 Å². The van der Waals surface area contributed by atoms with E-state index in [1.165, 1.54) is 38.5 Å². The van der Waals surface area contributed by atoms with Crippen molar-refractivity contribution in [2.45, 2.75) is 45.4 Å². The molecular weight excluding hydrogens is 212 g/mol. The highest BCUT2D eigenvalue weighted by atomic mass is 16.3. The van der Waals surface area contributed by atoms with Gasteiger partial charge in [-0.1, -0.05) is 26.2 Å². The predicted molar refractivity (Wildman–Crippen MR) is 73.3 cm³/mol. The lowest BCUT2D eigenvalue weighted by molar-refractivity contribution is 0.124. The summed E-state index contributed by atoms with van der Waals surface area (Å²) in [6.45, 7) is 6.79. The van der Waals surface area contributed by atoms with Gasteiger partial charge in [0, 0.05) is 19.6 Å². The molecule has 1 fully saturated rings. The molecule has 0 heterocycles. The largest absolute Gasteiger partial charge is 0.395 e. The Kier molecular flexibility index (Phi) is 7.09. The molecule has 3 heteroatoms. The highest BCUT2D eigenvalue weighted by Gasteiger charge is 2.34. The van der Waals surface area contributed by atoms with Crippen molar-refractivity contribution >= 4 is 0 Å². The molecule has 0 unspecified atom stereocenters. The third kappa shape index (κ3) is 4.94. The van der Waals surface area contributed by atoms with E-state index in [9.17, 15) is 0 Å². The van der Waals surface area contributed by atoms with Crippen molar-refractivity contribution in [3.8, 4) is 0 Å². The molecule has 0 aromatic rings. The molecule has 2 N–H and O–H groups in total. The Bertz CT molecular complexity index is 191. The highest BCUT2D eigenvalue weighted by molar-refractivity contribution is 4.89. The van der Waals surface area contributed by atoms with Crippen molar-refractivity contribution in [1.82, 2.24) is 10.2 Å². The van der Waals surface area contributed by atoms with Crippen molar-refractivity contribution in [3.63, 3.8) is 0 Å². The Morgan fingerprint density at radius 2 is 1.94 bits per heavy atom. The molecule has 102 valence electrons. The quantitative estimate of drug-likeness (QED) is 0.648. The van der Waals surface area contributed by atoms with E-state index >= 15 is 0 Å². The lowest BCUT2D eigenvalue weighted by Crippen LogP contribution is -2.43. The number of nitrogens with one attached hydrogen (secondary N) is 1. The van der Waals surface area contributed by atoms with E-state index in [2.05, 4.69) is 24.2 Å². The maximum absolute atomic E-state index is 9.17. The smallest absolute Gasteiger partial charge is 0.0558 e. The van der Waals surface area contributed by atoms with Gasteiger partial charge in [-0.15, -0.1) is 0 Å². The van der Waals surface area contributed by atoms with Crippen LogP contribution in [0.1, 0.15) is 45.4 Å². The fourth-order valence-electron chi connectivity index (χ4n) is 3.16. The average Bonchev–Trinajstić information content (AvgIpc) is 2.75. The van der Waals surface area contributed by atoms with Crippen molar-refractivity contribution in [2.24, 2.45) is 5.41 Å². The molecule has 0 saturated heterocycles. The molecule has 0 aromatic carbocycles. The van der Waals surface area contributed by atoms with Gasteiger partial charge in [-0.2, -0.15) is 0 Å². The number of hydrogen-bond acceptors (Lipinski definition) is 3. The minimum absolute atomic E-state index is 0.291. The molecule has 0 aromatic heterocycles. The second-order valence-electron chi connectivity index (χ2n) is 5.59. The number of hydrogen-bond donors (Lipinski definition) is 2. The van der Waals surface area contributed by atoms with E-state index in [4.69, 9.17) is 5.11 Å². The van der Waals surface area contributed by atoms with Gasteiger partial charge in [-0.05, 0) is 38.3 Å². The maximum Gasteiger partial charge on any atom is 0.0558 e. The fraction of sp³-hybridized carbons (Fsp3) is 1.00.